The van der Waals surface area contributed by atoms with Crippen molar-refractivity contribution in [3.63, 3.8) is 0 Å². The van der Waals surface area contributed by atoms with Gasteiger partial charge in [-0.25, -0.2) is 0 Å². The lowest BCUT2D eigenvalue weighted by Crippen LogP contribution is -2.37. The third-order valence-electron chi connectivity index (χ3n) is 3.81. The highest BCUT2D eigenvalue weighted by Gasteiger charge is 2.55. The van der Waals surface area contributed by atoms with Crippen LogP contribution in [0.1, 0.15) is 39.7 Å². The molecule has 3 rings (SSSR count). The van der Waals surface area contributed by atoms with Gasteiger partial charge in [0, 0.05) is 0 Å². The predicted octanol–water partition coefficient (Wildman–Crippen LogP) is 3.56. The molecular weight excluding hydrogens is 288 g/mol. The van der Waals surface area contributed by atoms with E-state index >= 15 is 0 Å². The van der Waals surface area contributed by atoms with E-state index in [9.17, 15) is 0 Å². The molecule has 2 aliphatic heterocycles. The van der Waals surface area contributed by atoms with E-state index < -0.39 is 5.79 Å². The highest BCUT2D eigenvalue weighted by atomic mass is 32.1. The van der Waals surface area contributed by atoms with Crippen molar-refractivity contribution < 1.29 is 18.9 Å². The molecule has 4 atom stereocenters. The van der Waals surface area contributed by atoms with Crippen molar-refractivity contribution in [2.24, 2.45) is 5.92 Å². The number of thiophene rings is 1. The Hall–Kier alpha value is -0.460. The van der Waals surface area contributed by atoms with Gasteiger partial charge in [0.05, 0.1) is 12.7 Å². The maximum absolute atomic E-state index is 6.14. The maximum atomic E-state index is 6.14. The van der Waals surface area contributed by atoms with Crippen molar-refractivity contribution in [1.29, 1.82) is 0 Å². The van der Waals surface area contributed by atoms with Crippen molar-refractivity contribution in [2.75, 3.05) is 0 Å². The Labute approximate surface area is 130 Å². The molecule has 0 saturated carbocycles. The monoisotopic (exact) mass is 312 g/mol. The normalized spacial score (nSPS) is 34.5. The summed E-state index contributed by atoms with van der Waals surface area (Å²) in [5.41, 5.74) is 1.20. The second-order valence-corrected chi connectivity index (χ2v) is 7.46. The fourth-order valence-corrected chi connectivity index (χ4v) is 3.62. The average Bonchev–Trinajstić information content (AvgIpc) is 3.02. The molecule has 0 amide bonds. The molecule has 1 aromatic heterocycles. The molecule has 21 heavy (non-hydrogen) atoms. The van der Waals surface area contributed by atoms with Gasteiger partial charge in [-0.3, -0.25) is 0 Å². The predicted molar refractivity (Wildman–Crippen MR) is 81.0 cm³/mol. The Morgan fingerprint density at radius 1 is 1.33 bits per heavy atom. The van der Waals surface area contributed by atoms with E-state index in [4.69, 9.17) is 18.9 Å². The third kappa shape index (κ3) is 3.48. The summed E-state index contributed by atoms with van der Waals surface area (Å²) >= 11 is 1.69. The molecular formula is C16H24O4S. The molecule has 0 aromatic carbocycles. The van der Waals surface area contributed by atoms with Crippen molar-refractivity contribution in [3.8, 4) is 0 Å². The molecule has 0 aliphatic carbocycles. The van der Waals surface area contributed by atoms with Crippen molar-refractivity contribution in [1.82, 2.24) is 0 Å². The minimum Gasteiger partial charge on any atom is -0.368 e. The first-order chi connectivity index (χ1) is 9.94. The van der Waals surface area contributed by atoms with Gasteiger partial charge in [0.15, 0.2) is 12.1 Å². The number of fused-ring (bicyclic) bond motifs is 1. The van der Waals surface area contributed by atoms with E-state index in [2.05, 4.69) is 30.7 Å². The summed E-state index contributed by atoms with van der Waals surface area (Å²) in [5.74, 6) is -0.0450. The summed E-state index contributed by atoms with van der Waals surface area (Å²) in [5, 5.41) is 4.18. The van der Waals surface area contributed by atoms with Crippen molar-refractivity contribution in [3.05, 3.63) is 22.4 Å². The summed E-state index contributed by atoms with van der Waals surface area (Å²) in [7, 11) is 0. The third-order valence-corrected chi connectivity index (χ3v) is 4.55. The highest BCUT2D eigenvalue weighted by Crippen LogP contribution is 2.40. The van der Waals surface area contributed by atoms with Crippen LogP contribution >= 0.6 is 11.3 Å². The van der Waals surface area contributed by atoms with Crippen molar-refractivity contribution in [2.45, 2.75) is 71.1 Å². The van der Waals surface area contributed by atoms with E-state index in [1.54, 1.807) is 11.3 Å². The quantitative estimate of drug-likeness (QED) is 0.833. The van der Waals surface area contributed by atoms with Gasteiger partial charge in [-0.15, -0.1) is 0 Å². The van der Waals surface area contributed by atoms with Crippen LogP contribution in [0.4, 0.5) is 0 Å². The van der Waals surface area contributed by atoms with Crippen LogP contribution in [0.5, 0.6) is 0 Å². The van der Waals surface area contributed by atoms with Crippen LogP contribution < -0.4 is 0 Å². The van der Waals surface area contributed by atoms with E-state index in [0.29, 0.717) is 12.5 Å². The first-order valence-electron chi connectivity index (χ1n) is 7.58. The number of ether oxygens (including phenoxy) is 4. The summed E-state index contributed by atoms with van der Waals surface area (Å²) in [6.07, 6.45) is 0.474. The molecule has 1 aromatic rings. The molecule has 0 bridgehead atoms. The Balaban J connectivity index is 1.68. The largest absolute Gasteiger partial charge is 0.368 e. The van der Waals surface area contributed by atoms with Crippen LogP contribution in [-0.4, -0.2) is 30.4 Å². The Morgan fingerprint density at radius 3 is 2.81 bits per heavy atom. The van der Waals surface area contributed by atoms with Crippen LogP contribution in [0.3, 0.4) is 0 Å². The molecule has 3 heterocycles. The fourth-order valence-electron chi connectivity index (χ4n) is 2.97. The van der Waals surface area contributed by atoms with E-state index in [1.165, 1.54) is 5.56 Å². The van der Waals surface area contributed by atoms with E-state index in [-0.39, 0.29) is 24.6 Å². The van der Waals surface area contributed by atoms with Gasteiger partial charge in [-0.2, -0.15) is 11.3 Å². The van der Waals surface area contributed by atoms with Gasteiger partial charge < -0.3 is 18.9 Å². The van der Waals surface area contributed by atoms with Gasteiger partial charge in [-0.05, 0) is 48.6 Å². The van der Waals surface area contributed by atoms with Crippen LogP contribution in [0.2, 0.25) is 0 Å². The van der Waals surface area contributed by atoms with Gasteiger partial charge >= 0.3 is 0 Å². The Morgan fingerprint density at radius 2 is 2.14 bits per heavy atom. The molecule has 2 aliphatic rings. The molecule has 0 unspecified atom stereocenters. The topological polar surface area (TPSA) is 36.9 Å². The molecule has 0 N–H and O–H groups in total. The zero-order valence-electron chi connectivity index (χ0n) is 13.1. The highest BCUT2D eigenvalue weighted by molar-refractivity contribution is 7.07. The smallest absolute Gasteiger partial charge is 0.190 e. The summed E-state index contributed by atoms with van der Waals surface area (Å²) in [4.78, 5) is 0. The summed E-state index contributed by atoms with van der Waals surface area (Å²) in [6, 6.07) is 2.09. The van der Waals surface area contributed by atoms with Crippen LogP contribution in [-0.2, 0) is 25.6 Å². The van der Waals surface area contributed by atoms with Crippen LogP contribution in [0.25, 0.3) is 0 Å². The average molecular weight is 312 g/mol. The standard InChI is InChI=1S/C16H24O4S/c1-10(2)7-12-13(17-8-11-5-6-21-9-11)14-15(18-12)20-16(3,4)19-14/h5-6,9-10,12-15H,7-8H2,1-4H3/t12-,13+,14-,15-/m1/s1. The lowest BCUT2D eigenvalue weighted by molar-refractivity contribution is -0.220. The first-order valence-corrected chi connectivity index (χ1v) is 8.53. The Kier molecular flexibility index (Phi) is 4.39. The summed E-state index contributed by atoms with van der Waals surface area (Å²) in [6.45, 7) is 8.82. The van der Waals surface area contributed by atoms with Gasteiger partial charge in [0.1, 0.15) is 12.2 Å². The van der Waals surface area contributed by atoms with Gasteiger partial charge in [-0.1, -0.05) is 13.8 Å². The summed E-state index contributed by atoms with van der Waals surface area (Å²) < 4.78 is 24.0. The number of hydrogen-bond donors (Lipinski definition) is 0. The molecule has 0 radical (unpaired) electrons. The molecule has 2 saturated heterocycles. The maximum Gasteiger partial charge on any atom is 0.190 e. The lowest BCUT2D eigenvalue weighted by Gasteiger charge is -2.26. The Bertz CT molecular complexity index is 457. The second-order valence-electron chi connectivity index (χ2n) is 6.68. The molecule has 5 heteroatoms. The van der Waals surface area contributed by atoms with Gasteiger partial charge in [0.2, 0.25) is 0 Å². The molecule has 0 spiro atoms. The molecule has 2 fully saturated rings. The van der Waals surface area contributed by atoms with E-state index in [0.717, 1.165) is 6.42 Å². The zero-order chi connectivity index (χ0) is 15.0. The molecule has 4 nitrogen and oxygen atoms in total. The first kappa shape index (κ1) is 15.4. The minimum absolute atomic E-state index is 0.0368. The zero-order valence-corrected chi connectivity index (χ0v) is 13.9. The van der Waals surface area contributed by atoms with Crippen LogP contribution in [0.15, 0.2) is 16.8 Å². The number of rotatable bonds is 5. The fraction of sp³-hybridized carbons (Fsp3) is 0.750. The second kappa shape index (κ2) is 5.97. The SMILES string of the molecule is CC(C)C[C@H]1O[C@@H]2OC(C)(C)O[C@@H]2[C@H]1OCc1ccsc1. The molecule has 118 valence electrons. The van der Waals surface area contributed by atoms with Gasteiger partial charge in [0.25, 0.3) is 0 Å². The van der Waals surface area contributed by atoms with Crippen molar-refractivity contribution >= 4 is 11.3 Å². The van der Waals surface area contributed by atoms with Crippen LogP contribution in [0, 0.1) is 5.92 Å². The number of hydrogen-bond acceptors (Lipinski definition) is 5. The minimum atomic E-state index is -0.595. The van der Waals surface area contributed by atoms with E-state index in [1.807, 2.05) is 13.8 Å². The lowest BCUT2D eigenvalue weighted by atomic mass is 10.0.